The first-order valence-electron chi connectivity index (χ1n) is 4.51. The van der Waals surface area contributed by atoms with Crippen molar-refractivity contribution in [1.82, 2.24) is 0 Å². The minimum Gasteiger partial charge on any atom is -0.303 e. The van der Waals surface area contributed by atoms with Crippen LogP contribution in [0.3, 0.4) is 0 Å². The Morgan fingerprint density at radius 1 is 1.31 bits per heavy atom. The lowest BCUT2D eigenvalue weighted by atomic mass is 10.1. The van der Waals surface area contributed by atoms with Crippen LogP contribution in [0.5, 0.6) is 0 Å². The van der Waals surface area contributed by atoms with Gasteiger partial charge in [-0.05, 0) is 37.0 Å². The predicted octanol–water partition coefficient (Wildman–Crippen LogP) is 3.36. The third kappa shape index (κ3) is 4.23. The average molecular weight is 241 g/mol. The third-order valence-electron chi connectivity index (χ3n) is 1.93. The van der Waals surface area contributed by atoms with Crippen molar-refractivity contribution in [2.24, 2.45) is 0 Å². The zero-order valence-electron chi connectivity index (χ0n) is 7.50. The molecule has 0 saturated heterocycles. The van der Waals surface area contributed by atoms with E-state index >= 15 is 0 Å². The molecule has 0 fully saturated rings. The number of halogens is 1. The van der Waals surface area contributed by atoms with Crippen LogP contribution < -0.4 is 0 Å². The fourth-order valence-electron chi connectivity index (χ4n) is 1.25. The molecule has 1 rings (SSSR count). The van der Waals surface area contributed by atoms with Crippen LogP contribution in [-0.2, 0) is 11.2 Å². The van der Waals surface area contributed by atoms with Crippen LogP contribution in [0.1, 0.15) is 24.8 Å². The Labute approximate surface area is 87.3 Å². The van der Waals surface area contributed by atoms with Crippen LogP contribution in [0.25, 0.3) is 0 Å². The van der Waals surface area contributed by atoms with Crippen molar-refractivity contribution in [1.29, 1.82) is 0 Å². The van der Waals surface area contributed by atoms with Gasteiger partial charge in [-0.3, -0.25) is 0 Å². The van der Waals surface area contributed by atoms with Crippen LogP contribution in [0.4, 0.5) is 0 Å². The molecular formula is C11H13BrO. The minimum absolute atomic E-state index is 0.688. The maximum atomic E-state index is 10.1. The number of hydrogen-bond donors (Lipinski definition) is 0. The molecule has 0 saturated carbocycles. The highest BCUT2D eigenvalue weighted by molar-refractivity contribution is 9.10. The summed E-state index contributed by atoms with van der Waals surface area (Å²) in [7, 11) is 0. The molecule has 13 heavy (non-hydrogen) atoms. The van der Waals surface area contributed by atoms with Crippen molar-refractivity contribution in [3.05, 3.63) is 34.3 Å². The Hall–Kier alpha value is -0.630. The number of unbranched alkanes of at least 4 members (excludes halogenated alkanes) is 2. The lowest BCUT2D eigenvalue weighted by molar-refractivity contribution is -0.107. The molecule has 0 heterocycles. The molecule has 0 amide bonds. The molecule has 1 aromatic carbocycles. The number of hydrogen-bond acceptors (Lipinski definition) is 1. The largest absolute Gasteiger partial charge is 0.303 e. The zero-order valence-corrected chi connectivity index (χ0v) is 9.09. The van der Waals surface area contributed by atoms with E-state index in [0.29, 0.717) is 6.42 Å². The Kier molecular flexibility index (Phi) is 4.76. The van der Waals surface area contributed by atoms with Crippen LogP contribution in [0, 0.1) is 0 Å². The van der Waals surface area contributed by atoms with Crippen LogP contribution >= 0.6 is 15.9 Å². The molecule has 0 bridgehead atoms. The minimum atomic E-state index is 0.688. The zero-order chi connectivity index (χ0) is 9.52. The Morgan fingerprint density at radius 2 is 2.15 bits per heavy atom. The lowest BCUT2D eigenvalue weighted by Gasteiger charge is -2.00. The highest BCUT2D eigenvalue weighted by atomic mass is 79.9. The number of rotatable bonds is 5. The number of aldehydes is 1. The van der Waals surface area contributed by atoms with Gasteiger partial charge in [0.05, 0.1) is 0 Å². The predicted molar refractivity (Wildman–Crippen MR) is 57.8 cm³/mol. The number of carbonyl (C=O) groups excluding carboxylic acids is 1. The standard InChI is InChI=1S/C11H13BrO/c12-11-7-4-6-10(9-11)5-2-1-3-8-13/h4,6-9H,1-3,5H2. The van der Waals surface area contributed by atoms with Gasteiger partial charge in [-0.1, -0.05) is 28.1 Å². The average Bonchev–Trinajstić information content (AvgIpc) is 2.13. The second-order valence-electron chi connectivity index (χ2n) is 3.04. The molecule has 0 unspecified atom stereocenters. The molecule has 0 aliphatic rings. The van der Waals surface area contributed by atoms with Crippen molar-refractivity contribution in [3.63, 3.8) is 0 Å². The number of aryl methyl sites for hydroxylation is 1. The van der Waals surface area contributed by atoms with Crippen molar-refractivity contribution in [2.75, 3.05) is 0 Å². The molecule has 0 aromatic heterocycles. The molecule has 0 aliphatic heterocycles. The van der Waals surface area contributed by atoms with Gasteiger partial charge in [0, 0.05) is 10.9 Å². The Balaban J connectivity index is 2.32. The molecule has 2 heteroatoms. The van der Waals surface area contributed by atoms with E-state index in [-0.39, 0.29) is 0 Å². The SMILES string of the molecule is O=CCCCCc1cccc(Br)c1. The van der Waals surface area contributed by atoms with Crippen molar-refractivity contribution >= 4 is 22.2 Å². The molecule has 1 aromatic rings. The van der Waals surface area contributed by atoms with Crippen molar-refractivity contribution in [3.8, 4) is 0 Å². The van der Waals surface area contributed by atoms with Crippen LogP contribution in [0.15, 0.2) is 28.7 Å². The van der Waals surface area contributed by atoms with E-state index in [1.807, 2.05) is 12.1 Å². The van der Waals surface area contributed by atoms with E-state index in [0.717, 1.165) is 30.0 Å². The maximum absolute atomic E-state index is 10.1. The molecule has 1 nitrogen and oxygen atoms in total. The second kappa shape index (κ2) is 5.92. The molecule has 0 radical (unpaired) electrons. The molecule has 70 valence electrons. The van der Waals surface area contributed by atoms with Crippen LogP contribution in [-0.4, -0.2) is 6.29 Å². The summed E-state index contributed by atoms with van der Waals surface area (Å²) in [6.07, 6.45) is 4.83. The fourth-order valence-corrected chi connectivity index (χ4v) is 1.70. The van der Waals surface area contributed by atoms with Gasteiger partial charge in [0.2, 0.25) is 0 Å². The summed E-state index contributed by atoms with van der Waals surface area (Å²) in [4.78, 5) is 10.1. The van der Waals surface area contributed by atoms with Gasteiger partial charge in [-0.25, -0.2) is 0 Å². The normalized spacial score (nSPS) is 9.92. The van der Waals surface area contributed by atoms with E-state index < -0.39 is 0 Å². The highest BCUT2D eigenvalue weighted by Crippen LogP contribution is 2.13. The molecular weight excluding hydrogens is 228 g/mol. The topological polar surface area (TPSA) is 17.1 Å². The Bertz CT molecular complexity index is 271. The first-order chi connectivity index (χ1) is 6.33. The summed E-state index contributed by atoms with van der Waals surface area (Å²) in [5.74, 6) is 0. The first-order valence-corrected chi connectivity index (χ1v) is 5.30. The Morgan fingerprint density at radius 3 is 2.85 bits per heavy atom. The summed E-state index contributed by atoms with van der Waals surface area (Å²) >= 11 is 3.43. The van der Waals surface area contributed by atoms with Crippen molar-refractivity contribution in [2.45, 2.75) is 25.7 Å². The summed E-state index contributed by atoms with van der Waals surface area (Å²) in [6.45, 7) is 0. The van der Waals surface area contributed by atoms with Gasteiger partial charge in [0.15, 0.2) is 0 Å². The first kappa shape index (κ1) is 10.5. The van der Waals surface area contributed by atoms with E-state index in [4.69, 9.17) is 0 Å². The van der Waals surface area contributed by atoms with Crippen molar-refractivity contribution < 1.29 is 4.79 Å². The lowest BCUT2D eigenvalue weighted by Crippen LogP contribution is -1.85. The van der Waals surface area contributed by atoms with Gasteiger partial charge in [0.25, 0.3) is 0 Å². The highest BCUT2D eigenvalue weighted by Gasteiger charge is 1.93. The summed E-state index contributed by atoms with van der Waals surface area (Å²) in [6, 6.07) is 8.31. The summed E-state index contributed by atoms with van der Waals surface area (Å²) in [5.41, 5.74) is 1.33. The molecule has 0 spiro atoms. The van der Waals surface area contributed by atoms with Gasteiger partial charge >= 0.3 is 0 Å². The summed E-state index contributed by atoms with van der Waals surface area (Å²) in [5, 5.41) is 0. The fraction of sp³-hybridized carbons (Fsp3) is 0.364. The van der Waals surface area contributed by atoms with Gasteiger partial charge < -0.3 is 4.79 Å². The van der Waals surface area contributed by atoms with E-state index in [1.165, 1.54) is 5.56 Å². The van der Waals surface area contributed by atoms with E-state index in [9.17, 15) is 4.79 Å². The quantitative estimate of drug-likeness (QED) is 0.570. The van der Waals surface area contributed by atoms with Gasteiger partial charge in [-0.2, -0.15) is 0 Å². The van der Waals surface area contributed by atoms with Gasteiger partial charge in [-0.15, -0.1) is 0 Å². The number of carbonyl (C=O) groups is 1. The van der Waals surface area contributed by atoms with E-state index in [1.54, 1.807) is 0 Å². The molecule has 0 atom stereocenters. The van der Waals surface area contributed by atoms with Gasteiger partial charge in [0.1, 0.15) is 6.29 Å². The molecule has 0 aliphatic carbocycles. The second-order valence-corrected chi connectivity index (χ2v) is 3.96. The smallest absolute Gasteiger partial charge is 0.119 e. The van der Waals surface area contributed by atoms with E-state index in [2.05, 4.69) is 28.1 Å². The molecule has 0 N–H and O–H groups in total. The number of benzene rings is 1. The summed E-state index contributed by atoms with van der Waals surface area (Å²) < 4.78 is 1.13. The maximum Gasteiger partial charge on any atom is 0.119 e. The monoisotopic (exact) mass is 240 g/mol. The van der Waals surface area contributed by atoms with Crippen LogP contribution in [0.2, 0.25) is 0 Å². The third-order valence-corrected chi connectivity index (χ3v) is 2.42.